The number of carbonyl (C=O) groups is 2. The molecule has 1 N–H and O–H groups in total. The summed E-state index contributed by atoms with van der Waals surface area (Å²) in [7, 11) is 0. The zero-order valence-electron chi connectivity index (χ0n) is 10.6. The molecule has 0 saturated carbocycles. The van der Waals surface area contributed by atoms with Crippen LogP contribution in [0.3, 0.4) is 0 Å². The van der Waals surface area contributed by atoms with E-state index in [0.29, 0.717) is 32.4 Å². The first-order chi connectivity index (χ1) is 8.66. The van der Waals surface area contributed by atoms with E-state index in [0.717, 1.165) is 25.9 Å². The SMILES string of the molecule is O=C(O)C1CCN(C(=O)CC[C@@H]2CCCO2)CC1. The van der Waals surface area contributed by atoms with Crippen molar-refractivity contribution in [1.82, 2.24) is 4.90 Å². The number of likely N-dealkylation sites (tertiary alicyclic amines) is 1. The monoisotopic (exact) mass is 255 g/mol. The highest BCUT2D eigenvalue weighted by Crippen LogP contribution is 2.20. The number of piperidine rings is 1. The number of ether oxygens (including phenoxy) is 1. The summed E-state index contributed by atoms with van der Waals surface area (Å²) < 4.78 is 5.49. The summed E-state index contributed by atoms with van der Waals surface area (Å²) in [5, 5.41) is 8.89. The number of carboxylic acid groups (broad SMARTS) is 1. The third-order valence-corrected chi connectivity index (χ3v) is 3.90. The molecule has 18 heavy (non-hydrogen) atoms. The molecule has 1 atom stereocenters. The highest BCUT2D eigenvalue weighted by molar-refractivity contribution is 5.77. The van der Waals surface area contributed by atoms with Crippen molar-refractivity contribution in [3.05, 3.63) is 0 Å². The number of hydrogen-bond acceptors (Lipinski definition) is 3. The number of carboxylic acids is 1. The number of hydrogen-bond donors (Lipinski definition) is 1. The van der Waals surface area contributed by atoms with E-state index in [1.54, 1.807) is 4.90 Å². The zero-order valence-corrected chi connectivity index (χ0v) is 10.6. The topological polar surface area (TPSA) is 66.8 Å². The molecule has 5 heteroatoms. The highest BCUT2D eigenvalue weighted by atomic mass is 16.5. The Morgan fingerprint density at radius 3 is 2.50 bits per heavy atom. The molecule has 1 amide bonds. The first kappa shape index (κ1) is 13.3. The summed E-state index contributed by atoms with van der Waals surface area (Å²) in [4.78, 5) is 24.6. The molecular formula is C13H21NO4. The largest absolute Gasteiger partial charge is 0.481 e. The minimum absolute atomic E-state index is 0.148. The van der Waals surface area contributed by atoms with E-state index in [9.17, 15) is 9.59 Å². The van der Waals surface area contributed by atoms with Gasteiger partial charge < -0.3 is 14.7 Å². The van der Waals surface area contributed by atoms with Crippen molar-refractivity contribution in [3.8, 4) is 0 Å². The lowest BCUT2D eigenvalue weighted by molar-refractivity contribution is -0.145. The van der Waals surface area contributed by atoms with Crippen molar-refractivity contribution in [2.24, 2.45) is 5.92 Å². The minimum atomic E-state index is -0.735. The summed E-state index contributed by atoms with van der Waals surface area (Å²) in [5.74, 6) is -0.858. The van der Waals surface area contributed by atoms with Gasteiger partial charge in [0.2, 0.25) is 5.91 Å². The van der Waals surface area contributed by atoms with Crippen molar-refractivity contribution in [3.63, 3.8) is 0 Å². The van der Waals surface area contributed by atoms with Crippen molar-refractivity contribution < 1.29 is 19.4 Å². The molecular weight excluding hydrogens is 234 g/mol. The molecule has 0 bridgehead atoms. The van der Waals surface area contributed by atoms with E-state index in [2.05, 4.69) is 0 Å². The van der Waals surface area contributed by atoms with Gasteiger partial charge in [-0.05, 0) is 32.1 Å². The second-order valence-corrected chi connectivity index (χ2v) is 5.17. The van der Waals surface area contributed by atoms with E-state index in [4.69, 9.17) is 9.84 Å². The Bertz CT molecular complexity index is 304. The molecule has 2 aliphatic rings. The van der Waals surface area contributed by atoms with Gasteiger partial charge in [0, 0.05) is 26.1 Å². The fourth-order valence-electron chi connectivity index (χ4n) is 2.69. The molecule has 0 radical (unpaired) electrons. The van der Waals surface area contributed by atoms with Gasteiger partial charge in [0.1, 0.15) is 0 Å². The third kappa shape index (κ3) is 3.45. The molecule has 5 nitrogen and oxygen atoms in total. The molecule has 2 saturated heterocycles. The molecule has 0 aromatic heterocycles. The molecule has 102 valence electrons. The fraction of sp³-hybridized carbons (Fsp3) is 0.846. The number of amides is 1. The van der Waals surface area contributed by atoms with Gasteiger partial charge in [-0.3, -0.25) is 9.59 Å². The summed E-state index contributed by atoms with van der Waals surface area (Å²) in [6, 6.07) is 0. The Morgan fingerprint density at radius 1 is 1.22 bits per heavy atom. The van der Waals surface area contributed by atoms with Crippen LogP contribution >= 0.6 is 0 Å². The smallest absolute Gasteiger partial charge is 0.306 e. The van der Waals surface area contributed by atoms with Gasteiger partial charge in [-0.2, -0.15) is 0 Å². The Kier molecular flexibility index (Phi) is 4.58. The molecule has 0 aliphatic carbocycles. The summed E-state index contributed by atoms with van der Waals surface area (Å²) in [6.07, 6.45) is 4.92. The molecule has 0 aromatic rings. The minimum Gasteiger partial charge on any atom is -0.481 e. The van der Waals surface area contributed by atoms with Gasteiger partial charge >= 0.3 is 5.97 Å². The second-order valence-electron chi connectivity index (χ2n) is 5.17. The maximum Gasteiger partial charge on any atom is 0.306 e. The zero-order chi connectivity index (χ0) is 13.0. The van der Waals surface area contributed by atoms with E-state index in [1.807, 2.05) is 0 Å². The van der Waals surface area contributed by atoms with Crippen molar-refractivity contribution in [2.45, 2.75) is 44.6 Å². The number of rotatable bonds is 4. The van der Waals surface area contributed by atoms with Crippen LogP contribution in [-0.2, 0) is 14.3 Å². The molecule has 0 unspecified atom stereocenters. The van der Waals surface area contributed by atoms with Crippen LogP contribution in [0.5, 0.6) is 0 Å². The van der Waals surface area contributed by atoms with E-state index in [-0.39, 0.29) is 17.9 Å². The lowest BCUT2D eigenvalue weighted by Crippen LogP contribution is -2.40. The van der Waals surface area contributed by atoms with Crippen LogP contribution in [0.4, 0.5) is 0 Å². The lowest BCUT2D eigenvalue weighted by atomic mass is 9.97. The second kappa shape index (κ2) is 6.18. The van der Waals surface area contributed by atoms with Crippen LogP contribution in [0, 0.1) is 5.92 Å². The maximum absolute atomic E-state index is 12.0. The third-order valence-electron chi connectivity index (χ3n) is 3.90. The molecule has 2 fully saturated rings. The Hall–Kier alpha value is -1.10. The first-order valence-electron chi connectivity index (χ1n) is 6.79. The number of nitrogens with zero attached hydrogens (tertiary/aromatic N) is 1. The normalized spacial score (nSPS) is 25.3. The summed E-state index contributed by atoms with van der Waals surface area (Å²) >= 11 is 0. The van der Waals surface area contributed by atoms with Crippen molar-refractivity contribution in [1.29, 1.82) is 0 Å². The molecule has 2 aliphatic heterocycles. The van der Waals surface area contributed by atoms with Gasteiger partial charge in [-0.15, -0.1) is 0 Å². The van der Waals surface area contributed by atoms with Gasteiger partial charge in [-0.1, -0.05) is 0 Å². The van der Waals surface area contributed by atoms with Crippen LogP contribution in [0.1, 0.15) is 38.5 Å². The highest BCUT2D eigenvalue weighted by Gasteiger charge is 2.27. The van der Waals surface area contributed by atoms with E-state index in [1.165, 1.54) is 0 Å². The Labute approximate surface area is 107 Å². The van der Waals surface area contributed by atoms with Gasteiger partial charge in [-0.25, -0.2) is 0 Å². The van der Waals surface area contributed by atoms with Gasteiger partial charge in [0.15, 0.2) is 0 Å². The van der Waals surface area contributed by atoms with Gasteiger partial charge in [0.05, 0.1) is 12.0 Å². The number of aliphatic carboxylic acids is 1. The van der Waals surface area contributed by atoms with Crippen LogP contribution in [0.2, 0.25) is 0 Å². The quantitative estimate of drug-likeness (QED) is 0.821. The van der Waals surface area contributed by atoms with Crippen LogP contribution in [0.25, 0.3) is 0 Å². The maximum atomic E-state index is 12.0. The van der Waals surface area contributed by atoms with E-state index < -0.39 is 5.97 Å². The predicted molar refractivity (Wildman–Crippen MR) is 65.1 cm³/mol. The van der Waals surface area contributed by atoms with Crippen LogP contribution in [-0.4, -0.2) is 47.7 Å². The predicted octanol–water partition coefficient (Wildman–Crippen LogP) is 1.27. The van der Waals surface area contributed by atoms with E-state index >= 15 is 0 Å². The fourth-order valence-corrected chi connectivity index (χ4v) is 2.69. The lowest BCUT2D eigenvalue weighted by Gasteiger charge is -2.30. The van der Waals surface area contributed by atoms with Gasteiger partial charge in [0.25, 0.3) is 0 Å². The van der Waals surface area contributed by atoms with Crippen molar-refractivity contribution >= 4 is 11.9 Å². The standard InChI is InChI=1S/C13H21NO4/c15-12(4-3-11-2-1-9-18-11)14-7-5-10(6-8-14)13(16)17/h10-11H,1-9H2,(H,16,17)/t11-/m0/s1. The Balaban J connectivity index is 1.68. The molecule has 0 aromatic carbocycles. The molecule has 2 heterocycles. The first-order valence-corrected chi connectivity index (χ1v) is 6.79. The summed E-state index contributed by atoms with van der Waals surface area (Å²) in [6.45, 7) is 1.99. The average molecular weight is 255 g/mol. The average Bonchev–Trinajstić information content (AvgIpc) is 2.89. The molecule has 2 rings (SSSR count). The molecule has 0 spiro atoms. The Morgan fingerprint density at radius 2 is 1.94 bits per heavy atom. The number of carbonyl (C=O) groups excluding carboxylic acids is 1. The van der Waals surface area contributed by atoms with Crippen LogP contribution < -0.4 is 0 Å². The van der Waals surface area contributed by atoms with Crippen LogP contribution in [0.15, 0.2) is 0 Å². The summed E-state index contributed by atoms with van der Waals surface area (Å²) in [5.41, 5.74) is 0. The van der Waals surface area contributed by atoms with Crippen molar-refractivity contribution in [2.75, 3.05) is 19.7 Å².